The molecule has 192 valence electrons. The average molecular weight is 502 g/mol. The smallest absolute Gasteiger partial charge is 0.306 e. The third kappa shape index (κ3) is 4.78. The average Bonchev–Trinajstić information content (AvgIpc) is 3.33. The van der Waals surface area contributed by atoms with E-state index >= 15 is 0 Å². The van der Waals surface area contributed by atoms with Gasteiger partial charge in [-0.1, -0.05) is 12.8 Å². The van der Waals surface area contributed by atoms with Crippen LogP contribution in [0.1, 0.15) is 70.6 Å². The topological polar surface area (TPSA) is 102 Å². The summed E-state index contributed by atoms with van der Waals surface area (Å²) in [7, 11) is 0. The number of nitrogens with zero attached hydrogens (tertiary/aromatic N) is 1. The Bertz CT molecular complexity index is 905. The summed E-state index contributed by atoms with van der Waals surface area (Å²) in [5.74, 6) is 0.491. The van der Waals surface area contributed by atoms with Gasteiger partial charge in [0.15, 0.2) is 0 Å². The summed E-state index contributed by atoms with van der Waals surface area (Å²) in [6.07, 6.45) is 15.2. The molecule has 2 heterocycles. The molecular formula is C27H39N3O4S. The number of carbonyl (C=O) groups excluding carboxylic acids is 1. The van der Waals surface area contributed by atoms with Crippen LogP contribution in [0.2, 0.25) is 0 Å². The van der Waals surface area contributed by atoms with Crippen LogP contribution in [-0.2, 0) is 9.59 Å². The SMILES string of the molecule is O=C(NC1C2CC3CC1CC(O)(C3)C2)C1=C(SC2CCCC2)NC(N2CCC(C(=O)O)CC2)C=C1. The van der Waals surface area contributed by atoms with Gasteiger partial charge in [-0.3, -0.25) is 14.5 Å². The molecule has 1 saturated heterocycles. The van der Waals surface area contributed by atoms with Gasteiger partial charge < -0.3 is 20.8 Å². The molecule has 1 amide bonds. The van der Waals surface area contributed by atoms with E-state index in [1.165, 1.54) is 25.7 Å². The number of aliphatic carboxylic acids is 1. The summed E-state index contributed by atoms with van der Waals surface area (Å²) in [6.45, 7) is 1.49. The lowest BCUT2D eigenvalue weighted by atomic mass is 9.52. The van der Waals surface area contributed by atoms with Gasteiger partial charge in [0, 0.05) is 24.4 Å². The lowest BCUT2D eigenvalue weighted by molar-refractivity contribution is -0.145. The normalized spacial score (nSPS) is 39.7. The summed E-state index contributed by atoms with van der Waals surface area (Å²) >= 11 is 1.82. The van der Waals surface area contributed by atoms with Crippen molar-refractivity contribution < 1.29 is 19.8 Å². The number of thioether (sulfide) groups is 1. The Morgan fingerprint density at radius 3 is 2.37 bits per heavy atom. The van der Waals surface area contributed by atoms with Crippen molar-refractivity contribution in [1.29, 1.82) is 0 Å². The van der Waals surface area contributed by atoms with Crippen molar-refractivity contribution in [2.45, 2.75) is 93.7 Å². The number of nitrogens with one attached hydrogen (secondary N) is 2. The molecule has 0 aromatic carbocycles. The van der Waals surface area contributed by atoms with Crippen molar-refractivity contribution in [3.8, 4) is 0 Å². The minimum Gasteiger partial charge on any atom is -0.481 e. The lowest BCUT2D eigenvalue weighted by Gasteiger charge is -2.58. The van der Waals surface area contributed by atoms with Crippen molar-refractivity contribution in [3.63, 3.8) is 0 Å². The van der Waals surface area contributed by atoms with E-state index in [-0.39, 0.29) is 24.0 Å². The Morgan fingerprint density at radius 1 is 1.06 bits per heavy atom. The fraction of sp³-hybridized carbons (Fsp3) is 0.778. The largest absolute Gasteiger partial charge is 0.481 e. The summed E-state index contributed by atoms with van der Waals surface area (Å²) < 4.78 is 0. The van der Waals surface area contributed by atoms with Gasteiger partial charge in [-0.25, -0.2) is 0 Å². The van der Waals surface area contributed by atoms with Gasteiger partial charge in [0.1, 0.15) is 0 Å². The Hall–Kier alpha value is -1.51. The van der Waals surface area contributed by atoms with Crippen LogP contribution in [0.4, 0.5) is 0 Å². The van der Waals surface area contributed by atoms with Gasteiger partial charge >= 0.3 is 5.97 Å². The van der Waals surface area contributed by atoms with Crippen molar-refractivity contribution in [1.82, 2.24) is 15.5 Å². The Kier molecular flexibility index (Phi) is 6.42. The van der Waals surface area contributed by atoms with Crippen molar-refractivity contribution in [3.05, 3.63) is 22.8 Å². The second-order valence-corrected chi connectivity index (χ2v) is 13.4. The summed E-state index contributed by atoms with van der Waals surface area (Å²) in [4.78, 5) is 27.3. The highest BCUT2D eigenvalue weighted by Gasteiger charge is 2.55. The summed E-state index contributed by atoms with van der Waals surface area (Å²) in [6, 6.07) is 0.172. The van der Waals surface area contributed by atoms with Crippen LogP contribution < -0.4 is 10.6 Å². The zero-order valence-electron chi connectivity index (χ0n) is 20.5. The van der Waals surface area contributed by atoms with Crippen molar-refractivity contribution >= 4 is 23.6 Å². The molecular weight excluding hydrogens is 462 g/mol. The first-order valence-electron chi connectivity index (χ1n) is 13.7. The monoisotopic (exact) mass is 501 g/mol. The Morgan fingerprint density at radius 2 is 1.74 bits per heavy atom. The third-order valence-corrected chi connectivity index (χ3v) is 11.0. The molecule has 4 N–H and O–H groups in total. The highest BCUT2D eigenvalue weighted by atomic mass is 32.2. The van der Waals surface area contributed by atoms with E-state index in [9.17, 15) is 19.8 Å². The summed E-state index contributed by atoms with van der Waals surface area (Å²) in [5.41, 5.74) is 0.250. The lowest BCUT2D eigenvalue weighted by Crippen LogP contribution is -2.61. The molecule has 7 nitrogen and oxygen atoms in total. The number of amides is 1. The van der Waals surface area contributed by atoms with E-state index in [0.29, 0.717) is 35.8 Å². The molecule has 8 heteroatoms. The van der Waals surface area contributed by atoms with Gasteiger partial charge in [-0.2, -0.15) is 0 Å². The molecule has 6 fully saturated rings. The minimum absolute atomic E-state index is 0.000573. The predicted octanol–water partition coefficient (Wildman–Crippen LogP) is 3.21. The highest BCUT2D eigenvalue weighted by molar-refractivity contribution is 8.03. The first-order chi connectivity index (χ1) is 16.9. The minimum atomic E-state index is -0.690. The Labute approximate surface area is 212 Å². The van der Waals surface area contributed by atoms with Crippen LogP contribution in [0.3, 0.4) is 0 Å². The standard InChI is InChI=1S/C27H39N3O4S/c31-24(29-23-18-11-16-12-19(23)15-27(34,13-16)14-18)21-5-6-22(28-25(21)35-20-3-1-2-4-20)30-9-7-17(8-10-30)26(32)33/h5-6,16-20,22-23,28,34H,1-4,7-15H2,(H,29,31)(H,32,33). The second-order valence-electron chi connectivity index (χ2n) is 12.1. The molecule has 4 bridgehead atoms. The molecule has 35 heavy (non-hydrogen) atoms. The maximum Gasteiger partial charge on any atom is 0.306 e. The number of hydrogen-bond acceptors (Lipinski definition) is 6. The molecule has 7 aliphatic rings. The van der Waals surface area contributed by atoms with Crippen LogP contribution in [0, 0.1) is 23.7 Å². The number of likely N-dealkylation sites (tertiary alicyclic amines) is 1. The van der Waals surface area contributed by atoms with Crippen LogP contribution >= 0.6 is 11.8 Å². The van der Waals surface area contributed by atoms with Crippen molar-refractivity contribution in [2.75, 3.05) is 13.1 Å². The number of rotatable bonds is 6. The van der Waals surface area contributed by atoms with Crippen LogP contribution in [0.15, 0.2) is 22.8 Å². The van der Waals surface area contributed by atoms with Crippen molar-refractivity contribution in [2.24, 2.45) is 23.7 Å². The van der Waals surface area contributed by atoms with E-state index in [1.54, 1.807) is 0 Å². The molecule has 0 aromatic rings. The maximum atomic E-state index is 13.6. The number of aliphatic hydroxyl groups is 1. The number of carboxylic acid groups (broad SMARTS) is 1. The molecule has 3 unspecified atom stereocenters. The molecule has 0 spiro atoms. The Balaban J connectivity index is 1.16. The number of piperidine rings is 1. The van der Waals surface area contributed by atoms with Gasteiger partial charge in [0.25, 0.3) is 5.91 Å². The molecule has 7 rings (SSSR count). The van der Waals surface area contributed by atoms with Gasteiger partial charge in [0.2, 0.25) is 0 Å². The number of carbonyl (C=O) groups is 2. The maximum absolute atomic E-state index is 13.6. The van der Waals surface area contributed by atoms with E-state index in [2.05, 4.69) is 21.6 Å². The fourth-order valence-electron chi connectivity index (χ4n) is 8.06. The molecule has 5 saturated carbocycles. The van der Waals surface area contributed by atoms with E-state index < -0.39 is 11.6 Å². The third-order valence-electron chi connectivity index (χ3n) is 9.61. The van der Waals surface area contributed by atoms with E-state index in [1.807, 2.05) is 17.8 Å². The number of dihydropyridines is 1. The van der Waals surface area contributed by atoms with Crippen LogP contribution in [0.25, 0.3) is 0 Å². The quantitative estimate of drug-likeness (QED) is 0.443. The van der Waals surface area contributed by atoms with E-state index in [4.69, 9.17) is 0 Å². The molecule has 0 radical (unpaired) electrons. The second kappa shape index (κ2) is 9.42. The van der Waals surface area contributed by atoms with Gasteiger partial charge in [-0.05, 0) is 87.7 Å². The fourth-order valence-corrected chi connectivity index (χ4v) is 9.44. The van der Waals surface area contributed by atoms with Crippen LogP contribution in [0.5, 0.6) is 0 Å². The van der Waals surface area contributed by atoms with E-state index in [0.717, 1.165) is 55.8 Å². The van der Waals surface area contributed by atoms with Crippen LogP contribution in [-0.4, -0.2) is 63.1 Å². The first-order valence-corrected chi connectivity index (χ1v) is 14.6. The predicted molar refractivity (Wildman–Crippen MR) is 135 cm³/mol. The highest BCUT2D eigenvalue weighted by Crippen LogP contribution is 2.55. The van der Waals surface area contributed by atoms with Gasteiger partial charge in [-0.15, -0.1) is 11.8 Å². The molecule has 5 aliphatic carbocycles. The molecule has 3 atom stereocenters. The number of carboxylic acids is 1. The first kappa shape index (κ1) is 23.9. The summed E-state index contributed by atoms with van der Waals surface area (Å²) in [5, 5.41) is 28.9. The van der Waals surface area contributed by atoms with Gasteiger partial charge in [0.05, 0.1) is 28.3 Å². The zero-order valence-corrected chi connectivity index (χ0v) is 21.3. The molecule has 0 aromatic heterocycles. The molecule has 2 aliphatic heterocycles. The zero-order chi connectivity index (χ0) is 24.2. The number of hydrogen-bond donors (Lipinski definition) is 4.